The molecule has 1 unspecified atom stereocenters. The fourth-order valence-corrected chi connectivity index (χ4v) is 4.04. The number of halogens is 1. The third kappa shape index (κ3) is 2.62. The average Bonchev–Trinajstić information content (AvgIpc) is 2.90. The van der Waals surface area contributed by atoms with E-state index in [-0.39, 0.29) is 0 Å². The zero-order valence-electron chi connectivity index (χ0n) is 14.2. The second-order valence-corrected chi connectivity index (χ2v) is 7.09. The van der Waals surface area contributed by atoms with Crippen molar-refractivity contribution in [3.05, 3.63) is 64.6 Å². The lowest BCUT2D eigenvalue weighted by Crippen LogP contribution is -2.31. The number of benzene rings is 1. The molecule has 3 nitrogen and oxygen atoms in total. The molecule has 0 radical (unpaired) electrons. The highest BCUT2D eigenvalue weighted by Gasteiger charge is 2.27. The Morgan fingerprint density at radius 2 is 2.12 bits per heavy atom. The van der Waals surface area contributed by atoms with Crippen LogP contribution in [0.1, 0.15) is 29.9 Å². The average molecular weight is 340 g/mol. The SMILES string of the molecule is CC1c2c(n(CCc3ccccn3)c3ccc(Cl)cc23)CCN1C. The van der Waals surface area contributed by atoms with Crippen molar-refractivity contribution in [1.82, 2.24) is 14.5 Å². The van der Waals surface area contributed by atoms with Crippen molar-refractivity contribution in [2.45, 2.75) is 32.4 Å². The van der Waals surface area contributed by atoms with Gasteiger partial charge in [-0.15, -0.1) is 0 Å². The summed E-state index contributed by atoms with van der Waals surface area (Å²) in [6.45, 7) is 4.35. The molecule has 3 aromatic rings. The van der Waals surface area contributed by atoms with Gasteiger partial charge in [-0.1, -0.05) is 17.7 Å². The van der Waals surface area contributed by atoms with Crippen LogP contribution >= 0.6 is 11.6 Å². The molecule has 3 heterocycles. The van der Waals surface area contributed by atoms with Gasteiger partial charge in [-0.05, 0) is 49.9 Å². The van der Waals surface area contributed by atoms with Gasteiger partial charge in [0.15, 0.2) is 0 Å². The van der Waals surface area contributed by atoms with Gasteiger partial charge in [-0.2, -0.15) is 0 Å². The van der Waals surface area contributed by atoms with Gasteiger partial charge in [-0.3, -0.25) is 9.88 Å². The van der Waals surface area contributed by atoms with E-state index in [1.807, 2.05) is 18.3 Å². The minimum atomic E-state index is 0.422. The van der Waals surface area contributed by atoms with Gasteiger partial charge in [0.25, 0.3) is 0 Å². The van der Waals surface area contributed by atoms with E-state index in [0.717, 1.165) is 36.6 Å². The summed E-state index contributed by atoms with van der Waals surface area (Å²) in [6, 6.07) is 12.8. The Kier molecular flexibility index (Phi) is 4.07. The zero-order chi connectivity index (χ0) is 16.7. The molecule has 1 aliphatic rings. The minimum Gasteiger partial charge on any atom is -0.344 e. The van der Waals surface area contributed by atoms with E-state index in [4.69, 9.17) is 11.6 Å². The molecule has 0 amide bonds. The highest BCUT2D eigenvalue weighted by Crippen LogP contribution is 2.38. The topological polar surface area (TPSA) is 21.1 Å². The van der Waals surface area contributed by atoms with Crippen molar-refractivity contribution in [3.8, 4) is 0 Å². The molecule has 0 saturated heterocycles. The summed E-state index contributed by atoms with van der Waals surface area (Å²) in [4.78, 5) is 6.89. The summed E-state index contributed by atoms with van der Waals surface area (Å²) in [7, 11) is 2.20. The van der Waals surface area contributed by atoms with Crippen LogP contribution in [0.3, 0.4) is 0 Å². The molecule has 0 fully saturated rings. The largest absolute Gasteiger partial charge is 0.344 e. The Balaban J connectivity index is 1.80. The number of hydrogen-bond donors (Lipinski definition) is 0. The van der Waals surface area contributed by atoms with Crippen LogP contribution in [0.25, 0.3) is 10.9 Å². The molecule has 1 aromatic carbocycles. The van der Waals surface area contributed by atoms with Gasteiger partial charge in [0.05, 0.1) is 0 Å². The first kappa shape index (κ1) is 15.7. The standard InChI is InChI=1S/C20H22ClN3/c1-14-20-17-13-15(21)6-7-18(17)24(19(20)9-11-23(14)2)12-8-16-5-3-4-10-22-16/h3-7,10,13-14H,8-9,11-12H2,1-2H3. The van der Waals surface area contributed by atoms with E-state index in [1.54, 1.807) is 0 Å². The zero-order valence-corrected chi connectivity index (χ0v) is 14.9. The molecule has 2 aromatic heterocycles. The first-order valence-electron chi connectivity index (χ1n) is 8.56. The van der Waals surface area contributed by atoms with Gasteiger partial charge in [0.2, 0.25) is 0 Å². The van der Waals surface area contributed by atoms with Crippen LogP contribution in [0, 0.1) is 0 Å². The molecule has 4 rings (SSSR count). The van der Waals surface area contributed by atoms with Gasteiger partial charge in [0.1, 0.15) is 0 Å². The van der Waals surface area contributed by atoms with E-state index < -0.39 is 0 Å². The number of rotatable bonds is 3. The predicted molar refractivity (Wildman–Crippen MR) is 99.6 cm³/mol. The Morgan fingerprint density at radius 1 is 1.25 bits per heavy atom. The Bertz CT molecular complexity index is 869. The molecule has 1 atom stereocenters. The lowest BCUT2D eigenvalue weighted by atomic mass is 9.97. The van der Waals surface area contributed by atoms with Gasteiger partial charge in [-0.25, -0.2) is 0 Å². The normalized spacial score (nSPS) is 18.0. The van der Waals surface area contributed by atoms with Crippen molar-refractivity contribution in [1.29, 1.82) is 0 Å². The number of fused-ring (bicyclic) bond motifs is 3. The molecule has 124 valence electrons. The maximum Gasteiger partial charge on any atom is 0.0487 e. The van der Waals surface area contributed by atoms with Gasteiger partial charge in [0, 0.05) is 65.5 Å². The van der Waals surface area contributed by atoms with Crippen molar-refractivity contribution < 1.29 is 0 Å². The monoisotopic (exact) mass is 339 g/mol. The Morgan fingerprint density at radius 3 is 2.92 bits per heavy atom. The molecule has 4 heteroatoms. The van der Waals surface area contributed by atoms with Gasteiger partial charge < -0.3 is 4.57 Å². The first-order chi connectivity index (χ1) is 11.6. The highest BCUT2D eigenvalue weighted by molar-refractivity contribution is 6.31. The number of aryl methyl sites for hydroxylation is 2. The number of likely N-dealkylation sites (N-methyl/N-ethyl adjacent to an activating group) is 1. The van der Waals surface area contributed by atoms with Crippen LogP contribution in [0.5, 0.6) is 0 Å². The molecule has 0 bridgehead atoms. The van der Waals surface area contributed by atoms with E-state index in [1.165, 1.54) is 22.2 Å². The van der Waals surface area contributed by atoms with Crippen molar-refractivity contribution in [2.24, 2.45) is 0 Å². The molecule has 0 aliphatic carbocycles. The third-order valence-corrected chi connectivity index (χ3v) is 5.51. The summed E-state index contributed by atoms with van der Waals surface area (Å²) >= 11 is 6.29. The lowest BCUT2D eigenvalue weighted by molar-refractivity contribution is 0.245. The van der Waals surface area contributed by atoms with Crippen molar-refractivity contribution in [3.63, 3.8) is 0 Å². The minimum absolute atomic E-state index is 0.422. The van der Waals surface area contributed by atoms with Gasteiger partial charge >= 0.3 is 0 Å². The molecule has 0 saturated carbocycles. The fraction of sp³-hybridized carbons (Fsp3) is 0.350. The summed E-state index contributed by atoms with van der Waals surface area (Å²) in [6.07, 6.45) is 3.91. The molecule has 1 aliphatic heterocycles. The van der Waals surface area contributed by atoms with E-state index in [2.05, 4.69) is 52.7 Å². The summed E-state index contributed by atoms with van der Waals surface area (Å²) in [5, 5.41) is 2.12. The number of hydrogen-bond acceptors (Lipinski definition) is 2. The first-order valence-corrected chi connectivity index (χ1v) is 8.93. The van der Waals surface area contributed by atoms with Crippen LogP contribution in [0.15, 0.2) is 42.6 Å². The van der Waals surface area contributed by atoms with Crippen molar-refractivity contribution >= 4 is 22.5 Å². The Labute approximate surface area is 147 Å². The van der Waals surface area contributed by atoms with Crippen molar-refractivity contribution in [2.75, 3.05) is 13.6 Å². The molecular formula is C20H22ClN3. The maximum atomic E-state index is 6.29. The second-order valence-electron chi connectivity index (χ2n) is 6.65. The van der Waals surface area contributed by atoms with E-state index in [0.29, 0.717) is 6.04 Å². The van der Waals surface area contributed by atoms with Crippen LogP contribution < -0.4 is 0 Å². The fourth-order valence-electron chi connectivity index (χ4n) is 3.87. The molecular weight excluding hydrogens is 318 g/mol. The van der Waals surface area contributed by atoms with Crippen LogP contribution in [0.2, 0.25) is 5.02 Å². The molecule has 0 N–H and O–H groups in total. The molecule has 0 spiro atoms. The van der Waals surface area contributed by atoms with E-state index >= 15 is 0 Å². The summed E-state index contributed by atoms with van der Waals surface area (Å²) in [5.41, 5.74) is 5.35. The smallest absolute Gasteiger partial charge is 0.0487 e. The van der Waals surface area contributed by atoms with Crippen LogP contribution in [-0.2, 0) is 19.4 Å². The van der Waals surface area contributed by atoms with E-state index in [9.17, 15) is 0 Å². The quantitative estimate of drug-likeness (QED) is 0.701. The number of nitrogens with zero attached hydrogens (tertiary/aromatic N) is 3. The van der Waals surface area contributed by atoms with Crippen LogP contribution in [0.4, 0.5) is 0 Å². The third-order valence-electron chi connectivity index (χ3n) is 5.27. The lowest BCUT2D eigenvalue weighted by Gasteiger charge is -2.31. The maximum absolute atomic E-state index is 6.29. The molecule has 24 heavy (non-hydrogen) atoms. The second kappa shape index (κ2) is 6.23. The number of pyridine rings is 1. The number of aromatic nitrogens is 2. The van der Waals surface area contributed by atoms with Crippen LogP contribution in [-0.4, -0.2) is 28.0 Å². The highest BCUT2D eigenvalue weighted by atomic mass is 35.5. The summed E-state index contributed by atoms with van der Waals surface area (Å²) < 4.78 is 2.49. The summed E-state index contributed by atoms with van der Waals surface area (Å²) in [5.74, 6) is 0. The Hall–Kier alpha value is -1.84. The predicted octanol–water partition coefficient (Wildman–Crippen LogP) is 4.48.